The van der Waals surface area contributed by atoms with E-state index in [9.17, 15) is 9.59 Å². The Kier molecular flexibility index (Phi) is 3.85. The molecule has 21 heavy (non-hydrogen) atoms. The van der Waals surface area contributed by atoms with Crippen molar-refractivity contribution in [1.82, 2.24) is 19.8 Å². The topological polar surface area (TPSA) is 69.3 Å². The van der Waals surface area contributed by atoms with E-state index in [4.69, 9.17) is 0 Å². The fourth-order valence-electron chi connectivity index (χ4n) is 2.30. The Balaban J connectivity index is 1.88. The zero-order chi connectivity index (χ0) is 14.8. The van der Waals surface area contributed by atoms with Crippen LogP contribution in [0.5, 0.6) is 0 Å². The predicted molar refractivity (Wildman–Crippen MR) is 81.6 cm³/mol. The van der Waals surface area contributed by atoms with Gasteiger partial charge in [-0.05, 0) is 24.6 Å². The second kappa shape index (κ2) is 5.79. The third-order valence-electron chi connectivity index (χ3n) is 3.54. The van der Waals surface area contributed by atoms with Crippen LogP contribution < -0.4 is 5.69 Å². The maximum Gasteiger partial charge on any atom is 0.346 e. The number of rotatable bonds is 2. The summed E-state index contributed by atoms with van der Waals surface area (Å²) < 4.78 is 0. The van der Waals surface area contributed by atoms with Crippen LogP contribution >= 0.6 is 11.3 Å². The number of carbonyl (C=O) groups excluding carboxylic acids is 1. The molecule has 7 heteroatoms. The van der Waals surface area contributed by atoms with Gasteiger partial charge in [-0.3, -0.25) is 4.79 Å². The SMILES string of the molecule is CN1CCN(C(=O)c2cc(-c3cccs3)[nH]c(=O)n2)CC1. The molecule has 0 atom stereocenters. The van der Waals surface area contributed by atoms with Gasteiger partial charge in [0.25, 0.3) is 5.91 Å². The lowest BCUT2D eigenvalue weighted by Gasteiger charge is -2.32. The zero-order valence-electron chi connectivity index (χ0n) is 11.7. The number of nitrogens with one attached hydrogen (secondary N) is 1. The predicted octanol–water partition coefficient (Wildman–Crippen LogP) is 0.886. The summed E-state index contributed by atoms with van der Waals surface area (Å²) in [5.74, 6) is -0.174. The van der Waals surface area contributed by atoms with Crippen molar-refractivity contribution < 1.29 is 4.79 Å². The lowest BCUT2D eigenvalue weighted by atomic mass is 10.2. The van der Waals surface area contributed by atoms with E-state index in [1.165, 1.54) is 11.3 Å². The normalized spacial score (nSPS) is 16.1. The van der Waals surface area contributed by atoms with E-state index < -0.39 is 5.69 Å². The quantitative estimate of drug-likeness (QED) is 0.894. The van der Waals surface area contributed by atoms with Crippen molar-refractivity contribution in [3.05, 3.63) is 39.8 Å². The van der Waals surface area contributed by atoms with Gasteiger partial charge in [0.15, 0.2) is 0 Å². The van der Waals surface area contributed by atoms with Crippen molar-refractivity contribution in [1.29, 1.82) is 0 Å². The van der Waals surface area contributed by atoms with Crippen LogP contribution in [-0.2, 0) is 0 Å². The van der Waals surface area contributed by atoms with E-state index >= 15 is 0 Å². The van der Waals surface area contributed by atoms with Gasteiger partial charge in [-0.25, -0.2) is 4.79 Å². The highest BCUT2D eigenvalue weighted by Crippen LogP contribution is 2.22. The average Bonchev–Trinajstić information content (AvgIpc) is 3.01. The first-order valence-corrected chi connectivity index (χ1v) is 7.64. The number of carbonyl (C=O) groups is 1. The Labute approximate surface area is 126 Å². The molecule has 1 amide bonds. The minimum Gasteiger partial charge on any atom is -0.335 e. The summed E-state index contributed by atoms with van der Waals surface area (Å²) in [6.45, 7) is 3.01. The third kappa shape index (κ3) is 3.03. The third-order valence-corrected chi connectivity index (χ3v) is 4.44. The molecule has 0 spiro atoms. The van der Waals surface area contributed by atoms with Gasteiger partial charge in [0, 0.05) is 26.2 Å². The number of hydrogen-bond donors (Lipinski definition) is 1. The number of likely N-dealkylation sites (N-methyl/N-ethyl adjacent to an activating group) is 1. The van der Waals surface area contributed by atoms with Crippen molar-refractivity contribution in [3.8, 4) is 10.6 Å². The maximum absolute atomic E-state index is 12.5. The Morgan fingerprint density at radius 2 is 2.10 bits per heavy atom. The standard InChI is InChI=1S/C14H16N4O2S/c1-17-4-6-18(7-5-17)13(19)11-9-10(15-14(20)16-11)12-3-2-8-21-12/h2-3,8-9H,4-7H2,1H3,(H,15,16,20). The summed E-state index contributed by atoms with van der Waals surface area (Å²) in [6.07, 6.45) is 0. The molecule has 110 valence electrons. The van der Waals surface area contributed by atoms with Gasteiger partial charge in [-0.15, -0.1) is 11.3 Å². The fourth-order valence-corrected chi connectivity index (χ4v) is 3.00. The molecular formula is C14H16N4O2S. The van der Waals surface area contributed by atoms with Gasteiger partial charge >= 0.3 is 5.69 Å². The number of nitrogens with zero attached hydrogens (tertiary/aromatic N) is 3. The van der Waals surface area contributed by atoms with Crippen molar-refractivity contribution >= 4 is 17.2 Å². The Morgan fingerprint density at radius 3 is 2.76 bits per heavy atom. The smallest absolute Gasteiger partial charge is 0.335 e. The summed E-state index contributed by atoms with van der Waals surface area (Å²) in [4.78, 5) is 35.5. The van der Waals surface area contributed by atoms with E-state index in [2.05, 4.69) is 14.9 Å². The molecule has 0 bridgehead atoms. The van der Waals surface area contributed by atoms with Crippen molar-refractivity contribution in [2.75, 3.05) is 33.2 Å². The number of thiophene rings is 1. The van der Waals surface area contributed by atoms with Crippen LogP contribution in [0.4, 0.5) is 0 Å². The van der Waals surface area contributed by atoms with E-state index in [1.807, 2.05) is 24.6 Å². The highest BCUT2D eigenvalue weighted by atomic mass is 32.1. The summed E-state index contributed by atoms with van der Waals surface area (Å²) in [7, 11) is 2.03. The van der Waals surface area contributed by atoms with Crippen LogP contribution in [0.1, 0.15) is 10.5 Å². The molecule has 1 aliphatic rings. The number of piperazine rings is 1. The molecule has 1 N–H and O–H groups in total. The zero-order valence-corrected chi connectivity index (χ0v) is 12.5. The Bertz CT molecular complexity index is 687. The second-order valence-corrected chi connectivity index (χ2v) is 6.01. The van der Waals surface area contributed by atoms with Crippen LogP contribution in [0, 0.1) is 0 Å². The van der Waals surface area contributed by atoms with E-state index in [0.29, 0.717) is 18.8 Å². The summed E-state index contributed by atoms with van der Waals surface area (Å²) >= 11 is 1.51. The van der Waals surface area contributed by atoms with Gasteiger partial charge in [-0.1, -0.05) is 6.07 Å². The first kappa shape index (κ1) is 14.0. The molecule has 0 aliphatic carbocycles. The lowest BCUT2D eigenvalue weighted by molar-refractivity contribution is 0.0657. The van der Waals surface area contributed by atoms with Crippen molar-refractivity contribution in [2.24, 2.45) is 0 Å². The molecule has 3 rings (SSSR count). The lowest BCUT2D eigenvalue weighted by Crippen LogP contribution is -2.47. The van der Waals surface area contributed by atoms with Gasteiger partial charge in [0.05, 0.1) is 10.6 Å². The number of hydrogen-bond acceptors (Lipinski definition) is 5. The molecule has 2 aromatic heterocycles. The number of aromatic nitrogens is 2. The minimum absolute atomic E-state index is 0.174. The Hall–Kier alpha value is -1.99. The Morgan fingerprint density at radius 1 is 1.33 bits per heavy atom. The van der Waals surface area contributed by atoms with Crippen LogP contribution in [0.3, 0.4) is 0 Å². The first-order chi connectivity index (χ1) is 10.1. The van der Waals surface area contributed by atoms with Gasteiger partial charge in [0.1, 0.15) is 5.69 Å². The van der Waals surface area contributed by atoms with Crippen LogP contribution in [0.15, 0.2) is 28.4 Å². The van der Waals surface area contributed by atoms with E-state index in [0.717, 1.165) is 18.0 Å². The number of amides is 1. The summed E-state index contributed by atoms with van der Waals surface area (Å²) in [6, 6.07) is 5.47. The summed E-state index contributed by atoms with van der Waals surface area (Å²) in [5, 5.41) is 1.93. The van der Waals surface area contributed by atoms with Crippen LogP contribution in [0.25, 0.3) is 10.6 Å². The highest BCUT2D eigenvalue weighted by molar-refractivity contribution is 7.13. The molecule has 0 radical (unpaired) electrons. The fraction of sp³-hybridized carbons (Fsp3) is 0.357. The molecular weight excluding hydrogens is 288 g/mol. The van der Waals surface area contributed by atoms with Crippen molar-refractivity contribution in [3.63, 3.8) is 0 Å². The molecule has 0 aromatic carbocycles. The largest absolute Gasteiger partial charge is 0.346 e. The van der Waals surface area contributed by atoms with E-state index in [-0.39, 0.29) is 11.6 Å². The molecule has 1 saturated heterocycles. The minimum atomic E-state index is -0.488. The maximum atomic E-state index is 12.5. The van der Waals surface area contributed by atoms with Crippen LogP contribution in [-0.4, -0.2) is 58.9 Å². The first-order valence-electron chi connectivity index (χ1n) is 6.76. The van der Waals surface area contributed by atoms with Gasteiger partial charge in [-0.2, -0.15) is 4.98 Å². The van der Waals surface area contributed by atoms with E-state index in [1.54, 1.807) is 11.0 Å². The summed E-state index contributed by atoms with van der Waals surface area (Å²) in [5.41, 5.74) is 0.368. The van der Waals surface area contributed by atoms with Crippen LogP contribution in [0.2, 0.25) is 0 Å². The monoisotopic (exact) mass is 304 g/mol. The second-order valence-electron chi connectivity index (χ2n) is 5.06. The molecule has 1 fully saturated rings. The molecule has 1 aliphatic heterocycles. The van der Waals surface area contributed by atoms with Gasteiger partial charge in [0.2, 0.25) is 0 Å². The molecule has 6 nitrogen and oxygen atoms in total. The highest BCUT2D eigenvalue weighted by Gasteiger charge is 2.22. The van der Waals surface area contributed by atoms with Gasteiger partial charge < -0.3 is 14.8 Å². The molecule has 3 heterocycles. The number of H-pyrrole nitrogens is 1. The average molecular weight is 304 g/mol. The number of aromatic amines is 1. The molecule has 2 aromatic rings. The van der Waals surface area contributed by atoms with Crippen molar-refractivity contribution in [2.45, 2.75) is 0 Å². The molecule has 0 unspecified atom stereocenters. The molecule has 0 saturated carbocycles.